The number of amides is 2. The molecule has 3 saturated heterocycles. The number of rotatable bonds is 11. The number of benzene rings is 1. The van der Waals surface area contributed by atoms with Crippen molar-refractivity contribution < 1.29 is 24.2 Å². The van der Waals surface area contributed by atoms with Crippen molar-refractivity contribution in [3.63, 3.8) is 0 Å². The summed E-state index contributed by atoms with van der Waals surface area (Å²) >= 11 is 8.09. The number of carbonyl (C=O) groups is 3. The number of anilines is 1. The van der Waals surface area contributed by atoms with Gasteiger partial charge in [-0.1, -0.05) is 49.4 Å². The topological polar surface area (TPSA) is 87.1 Å². The van der Waals surface area contributed by atoms with Crippen LogP contribution in [-0.2, 0) is 19.1 Å². The molecule has 9 heteroatoms. The highest BCUT2D eigenvalue weighted by Crippen LogP contribution is 2.68. The van der Waals surface area contributed by atoms with Gasteiger partial charge < -0.3 is 19.6 Å². The van der Waals surface area contributed by atoms with Gasteiger partial charge in [-0.3, -0.25) is 14.4 Å². The molecule has 0 aromatic heterocycles. The van der Waals surface area contributed by atoms with Crippen molar-refractivity contribution in [1.29, 1.82) is 0 Å². The van der Waals surface area contributed by atoms with Crippen molar-refractivity contribution in [2.24, 2.45) is 17.8 Å². The minimum Gasteiger partial charge on any atom is -0.461 e. The zero-order valence-corrected chi connectivity index (χ0v) is 22.0. The molecule has 1 N–H and O–H groups in total. The zero-order valence-electron chi connectivity index (χ0n) is 20.5. The number of thioether (sulfide) groups is 1. The highest BCUT2D eigenvalue weighted by atomic mass is 35.5. The third-order valence-electron chi connectivity index (χ3n) is 7.62. The summed E-state index contributed by atoms with van der Waals surface area (Å²) in [4.78, 5) is 44.8. The van der Waals surface area contributed by atoms with E-state index < -0.39 is 28.6 Å². The van der Waals surface area contributed by atoms with Gasteiger partial charge in [0.15, 0.2) is 0 Å². The third-order valence-corrected chi connectivity index (χ3v) is 10.0. The number of fused-ring (bicyclic) bond motifs is 1. The zero-order chi connectivity index (χ0) is 26.0. The molecule has 3 heterocycles. The molecule has 3 aliphatic rings. The number of hydrogen-bond acceptors (Lipinski definition) is 6. The van der Waals surface area contributed by atoms with Crippen LogP contribution >= 0.6 is 23.4 Å². The number of aliphatic hydroxyl groups is 1. The van der Waals surface area contributed by atoms with E-state index in [2.05, 4.69) is 20.1 Å². The van der Waals surface area contributed by atoms with Crippen LogP contribution in [0.5, 0.6) is 0 Å². The smallest absolute Gasteiger partial charge is 0.311 e. The lowest BCUT2D eigenvalue weighted by molar-refractivity contribution is -0.153. The maximum atomic E-state index is 14.4. The monoisotopic (exact) mass is 532 g/mol. The fourth-order valence-corrected chi connectivity index (χ4v) is 8.83. The third kappa shape index (κ3) is 4.27. The number of halogens is 1. The molecule has 36 heavy (non-hydrogen) atoms. The van der Waals surface area contributed by atoms with Crippen molar-refractivity contribution >= 4 is 46.8 Å². The summed E-state index contributed by atoms with van der Waals surface area (Å²) in [6, 6.07) is 6.35. The van der Waals surface area contributed by atoms with Gasteiger partial charge in [-0.15, -0.1) is 18.3 Å². The summed E-state index contributed by atoms with van der Waals surface area (Å²) in [5.41, 5.74) is 0.554. The standard InChI is InChI=1S/C27H33ClN2O5S/c1-4-12-29(19-11-7-6-10-18(19)28)25(33)23-27-17(3)16-20(36-27)21(26(34)35-15-5-2)22(27)24(32)30(23)13-8-9-14-31/h4-7,10-11,17,20-23,31H,1-2,8-9,12-16H2,3H3/t17?,20-,21+,22+,23?,27?/m1/s1. The number of unbranched alkanes of at least 4 members (excludes halogenated alkanes) is 1. The Labute approximate surface area is 221 Å². The maximum Gasteiger partial charge on any atom is 0.311 e. The lowest BCUT2D eigenvalue weighted by atomic mass is 9.66. The minimum atomic E-state index is -0.771. The van der Waals surface area contributed by atoms with Crippen molar-refractivity contribution in [2.45, 2.75) is 42.2 Å². The molecule has 7 nitrogen and oxygen atoms in total. The predicted molar refractivity (Wildman–Crippen MR) is 142 cm³/mol. The number of carbonyl (C=O) groups excluding carboxylic acids is 3. The Kier molecular flexibility index (Phi) is 8.17. The summed E-state index contributed by atoms with van der Waals surface area (Å²) in [5.74, 6) is -2.04. The Balaban J connectivity index is 1.78. The van der Waals surface area contributed by atoms with E-state index in [-0.39, 0.29) is 42.7 Å². The number of likely N-dealkylation sites (tertiary alicyclic amines) is 1. The molecule has 4 rings (SSSR count). The molecule has 0 aliphatic carbocycles. The van der Waals surface area contributed by atoms with Gasteiger partial charge in [-0.05, 0) is 37.3 Å². The fraction of sp³-hybridized carbons (Fsp3) is 0.519. The number of ether oxygens (including phenoxy) is 1. The summed E-state index contributed by atoms with van der Waals surface area (Å²) < 4.78 is 4.66. The van der Waals surface area contributed by atoms with Crippen LogP contribution in [0.4, 0.5) is 5.69 Å². The molecule has 1 spiro atoms. The summed E-state index contributed by atoms with van der Waals surface area (Å²) in [5, 5.41) is 9.69. The van der Waals surface area contributed by atoms with E-state index in [1.807, 2.05) is 6.07 Å². The molecule has 1 aromatic carbocycles. The molecule has 3 fully saturated rings. The fourth-order valence-electron chi connectivity index (χ4n) is 6.19. The minimum absolute atomic E-state index is 0.00115. The van der Waals surface area contributed by atoms with Gasteiger partial charge in [-0.2, -0.15) is 0 Å². The van der Waals surface area contributed by atoms with Crippen LogP contribution in [0.25, 0.3) is 0 Å². The molecular weight excluding hydrogens is 500 g/mol. The number of nitrogens with zero attached hydrogens (tertiary/aromatic N) is 2. The van der Waals surface area contributed by atoms with Crippen LogP contribution < -0.4 is 4.90 Å². The van der Waals surface area contributed by atoms with Gasteiger partial charge >= 0.3 is 5.97 Å². The Morgan fingerprint density at radius 1 is 1.31 bits per heavy atom. The van der Waals surface area contributed by atoms with Gasteiger partial charge in [0.25, 0.3) is 5.91 Å². The summed E-state index contributed by atoms with van der Waals surface area (Å²) in [7, 11) is 0. The van der Waals surface area contributed by atoms with Crippen LogP contribution in [0.2, 0.25) is 5.02 Å². The van der Waals surface area contributed by atoms with Crippen LogP contribution in [0, 0.1) is 17.8 Å². The number of aliphatic hydroxyl groups excluding tert-OH is 1. The highest BCUT2D eigenvalue weighted by Gasteiger charge is 2.76. The molecule has 0 saturated carbocycles. The Morgan fingerprint density at radius 3 is 2.72 bits per heavy atom. The van der Waals surface area contributed by atoms with E-state index in [4.69, 9.17) is 16.3 Å². The van der Waals surface area contributed by atoms with Crippen molar-refractivity contribution in [3.8, 4) is 0 Å². The predicted octanol–water partition coefficient (Wildman–Crippen LogP) is 3.70. The van der Waals surface area contributed by atoms with Crippen LogP contribution in [0.3, 0.4) is 0 Å². The van der Waals surface area contributed by atoms with Crippen LogP contribution in [0.15, 0.2) is 49.6 Å². The van der Waals surface area contributed by atoms with E-state index in [0.29, 0.717) is 30.1 Å². The van der Waals surface area contributed by atoms with E-state index >= 15 is 0 Å². The number of hydrogen-bond donors (Lipinski definition) is 1. The first-order chi connectivity index (χ1) is 17.3. The quantitative estimate of drug-likeness (QED) is 0.266. The Hall–Kier alpha value is -2.29. The molecule has 3 unspecified atom stereocenters. The molecule has 194 valence electrons. The van der Waals surface area contributed by atoms with E-state index in [9.17, 15) is 19.5 Å². The lowest BCUT2D eigenvalue weighted by Crippen LogP contribution is -2.57. The second kappa shape index (κ2) is 11.0. The average Bonchev–Trinajstić information content (AvgIpc) is 3.45. The van der Waals surface area contributed by atoms with Crippen LogP contribution in [0.1, 0.15) is 26.2 Å². The first-order valence-corrected chi connectivity index (χ1v) is 13.6. The second-order valence-corrected chi connectivity index (χ2v) is 11.6. The number of para-hydroxylation sites is 1. The molecule has 2 bridgehead atoms. The Bertz CT molecular complexity index is 1050. The largest absolute Gasteiger partial charge is 0.461 e. The highest BCUT2D eigenvalue weighted by molar-refractivity contribution is 8.02. The van der Waals surface area contributed by atoms with Crippen molar-refractivity contribution in [2.75, 3.05) is 31.2 Å². The Morgan fingerprint density at radius 2 is 2.06 bits per heavy atom. The van der Waals surface area contributed by atoms with Gasteiger partial charge in [0.05, 0.1) is 27.3 Å². The van der Waals surface area contributed by atoms with E-state index in [0.717, 1.165) is 6.42 Å². The molecule has 6 atom stereocenters. The first kappa shape index (κ1) is 26.8. The van der Waals surface area contributed by atoms with E-state index in [1.54, 1.807) is 45.8 Å². The normalized spacial score (nSPS) is 30.2. The van der Waals surface area contributed by atoms with Gasteiger partial charge in [0, 0.05) is 24.9 Å². The SMILES string of the molecule is C=CCOC(=O)[C@@H]1[C@H]2C(=O)N(CCCCO)C(C(=O)N(CC=C)c3ccccc3Cl)C23S[C@@H]1CC3C. The maximum absolute atomic E-state index is 14.4. The molecule has 1 aromatic rings. The average molecular weight is 533 g/mol. The summed E-state index contributed by atoms with van der Waals surface area (Å²) in [6.07, 6.45) is 4.94. The van der Waals surface area contributed by atoms with Crippen molar-refractivity contribution in [1.82, 2.24) is 4.90 Å². The second-order valence-electron chi connectivity index (χ2n) is 9.62. The van der Waals surface area contributed by atoms with Gasteiger partial charge in [-0.25, -0.2) is 0 Å². The van der Waals surface area contributed by atoms with Gasteiger partial charge in [0.2, 0.25) is 5.91 Å². The summed E-state index contributed by atoms with van der Waals surface area (Å²) in [6.45, 7) is 10.2. The first-order valence-electron chi connectivity index (χ1n) is 12.4. The van der Waals surface area contributed by atoms with Gasteiger partial charge in [0.1, 0.15) is 12.6 Å². The van der Waals surface area contributed by atoms with Crippen molar-refractivity contribution in [3.05, 3.63) is 54.6 Å². The number of esters is 1. The lowest BCUT2D eigenvalue weighted by Gasteiger charge is -2.40. The molecule has 0 radical (unpaired) electrons. The molecule has 3 aliphatic heterocycles. The van der Waals surface area contributed by atoms with Crippen LogP contribution in [-0.4, -0.2) is 70.1 Å². The molecule has 2 amide bonds. The van der Waals surface area contributed by atoms with E-state index in [1.165, 1.54) is 6.08 Å². The molecular formula is C27H33ClN2O5S.